The molecule has 32 heavy (non-hydrogen) atoms. The lowest BCUT2D eigenvalue weighted by Gasteiger charge is -2.11. The Balaban J connectivity index is 1.27. The zero-order valence-electron chi connectivity index (χ0n) is 17.8. The van der Waals surface area contributed by atoms with Crippen molar-refractivity contribution in [2.45, 2.75) is 20.3 Å². The van der Waals surface area contributed by atoms with Gasteiger partial charge < -0.3 is 10.1 Å². The van der Waals surface area contributed by atoms with Crippen molar-refractivity contribution in [3.05, 3.63) is 88.4 Å². The summed E-state index contributed by atoms with van der Waals surface area (Å²) in [6.45, 7) is 3.87. The van der Waals surface area contributed by atoms with Crippen molar-refractivity contribution in [3.63, 3.8) is 0 Å². The Kier molecular flexibility index (Phi) is 6.78. The van der Waals surface area contributed by atoms with Crippen LogP contribution in [-0.4, -0.2) is 22.6 Å². The third-order valence-electron chi connectivity index (χ3n) is 4.72. The SMILES string of the molecule is Cc1cc(C)cc(OCC(=O)NC(=S)Nc2ccc(Cc3nc4ccccc4s3)cc2)c1. The molecule has 1 aromatic heterocycles. The third-order valence-corrected chi connectivity index (χ3v) is 5.96. The summed E-state index contributed by atoms with van der Waals surface area (Å²) < 4.78 is 6.77. The van der Waals surface area contributed by atoms with Gasteiger partial charge in [-0.3, -0.25) is 10.1 Å². The van der Waals surface area contributed by atoms with E-state index in [0.717, 1.165) is 39.3 Å². The fraction of sp³-hybridized carbons (Fsp3) is 0.160. The molecule has 3 aromatic carbocycles. The average Bonchev–Trinajstić information content (AvgIpc) is 3.15. The van der Waals surface area contributed by atoms with E-state index in [4.69, 9.17) is 17.0 Å². The van der Waals surface area contributed by atoms with Crippen LogP contribution in [-0.2, 0) is 11.2 Å². The molecule has 0 aliphatic carbocycles. The molecular weight excluding hydrogens is 438 g/mol. The molecule has 1 heterocycles. The number of nitrogens with one attached hydrogen (secondary N) is 2. The maximum absolute atomic E-state index is 12.1. The van der Waals surface area contributed by atoms with Gasteiger partial charge >= 0.3 is 0 Å². The third kappa shape index (κ3) is 5.90. The van der Waals surface area contributed by atoms with E-state index in [0.29, 0.717) is 5.75 Å². The van der Waals surface area contributed by atoms with Crippen molar-refractivity contribution in [2.24, 2.45) is 0 Å². The molecule has 0 aliphatic heterocycles. The summed E-state index contributed by atoms with van der Waals surface area (Å²) in [7, 11) is 0. The largest absolute Gasteiger partial charge is 0.484 e. The van der Waals surface area contributed by atoms with E-state index in [-0.39, 0.29) is 17.6 Å². The van der Waals surface area contributed by atoms with E-state index in [1.807, 2.05) is 68.4 Å². The first-order valence-corrected chi connectivity index (χ1v) is 11.4. The van der Waals surface area contributed by atoms with Crippen LogP contribution in [0.3, 0.4) is 0 Å². The molecule has 0 saturated carbocycles. The fourth-order valence-corrected chi connectivity index (χ4v) is 4.60. The van der Waals surface area contributed by atoms with Crippen LogP contribution in [0.2, 0.25) is 0 Å². The molecule has 1 amide bonds. The number of anilines is 1. The number of ether oxygens (including phenoxy) is 1. The highest BCUT2D eigenvalue weighted by molar-refractivity contribution is 7.80. The van der Waals surface area contributed by atoms with Gasteiger partial charge in [0.25, 0.3) is 5.91 Å². The Hall–Kier alpha value is -3.29. The summed E-state index contributed by atoms with van der Waals surface area (Å²) in [6, 6.07) is 21.9. The van der Waals surface area contributed by atoms with Gasteiger partial charge in [-0.25, -0.2) is 4.98 Å². The average molecular weight is 462 g/mol. The maximum atomic E-state index is 12.1. The number of nitrogens with zero attached hydrogens (tertiary/aromatic N) is 1. The molecule has 0 radical (unpaired) electrons. The Bertz CT molecular complexity index is 1210. The lowest BCUT2D eigenvalue weighted by Crippen LogP contribution is -2.37. The lowest BCUT2D eigenvalue weighted by molar-refractivity contribution is -0.121. The highest BCUT2D eigenvalue weighted by atomic mass is 32.1. The van der Waals surface area contributed by atoms with Crippen molar-refractivity contribution < 1.29 is 9.53 Å². The second-order valence-electron chi connectivity index (χ2n) is 7.56. The van der Waals surface area contributed by atoms with Crippen molar-refractivity contribution in [1.29, 1.82) is 0 Å². The highest BCUT2D eigenvalue weighted by Crippen LogP contribution is 2.24. The number of aryl methyl sites for hydroxylation is 2. The number of rotatable bonds is 6. The van der Waals surface area contributed by atoms with Gasteiger partial charge in [0.1, 0.15) is 5.75 Å². The van der Waals surface area contributed by atoms with Gasteiger partial charge in [-0.15, -0.1) is 11.3 Å². The molecule has 7 heteroatoms. The Labute approximate surface area is 196 Å². The van der Waals surface area contributed by atoms with E-state index < -0.39 is 0 Å². The van der Waals surface area contributed by atoms with E-state index in [1.54, 1.807) is 11.3 Å². The van der Waals surface area contributed by atoms with Crippen molar-refractivity contribution in [1.82, 2.24) is 10.3 Å². The highest BCUT2D eigenvalue weighted by Gasteiger charge is 2.08. The molecule has 0 unspecified atom stereocenters. The van der Waals surface area contributed by atoms with Crippen LogP contribution < -0.4 is 15.4 Å². The second-order valence-corrected chi connectivity index (χ2v) is 9.09. The minimum Gasteiger partial charge on any atom is -0.484 e. The smallest absolute Gasteiger partial charge is 0.264 e. The number of thiazole rings is 1. The molecular formula is C25H23N3O2S2. The number of carbonyl (C=O) groups is 1. The van der Waals surface area contributed by atoms with Gasteiger partial charge in [-0.05, 0) is 79.2 Å². The minimum absolute atomic E-state index is 0.105. The Morgan fingerprint density at radius 1 is 1.03 bits per heavy atom. The van der Waals surface area contributed by atoms with Gasteiger partial charge in [0, 0.05) is 12.1 Å². The first kappa shape index (κ1) is 21.9. The van der Waals surface area contributed by atoms with Gasteiger partial charge in [0.05, 0.1) is 15.2 Å². The number of carbonyl (C=O) groups excluding carboxylic acids is 1. The van der Waals surface area contributed by atoms with E-state index in [2.05, 4.69) is 27.8 Å². The molecule has 0 spiro atoms. The zero-order valence-corrected chi connectivity index (χ0v) is 19.5. The van der Waals surface area contributed by atoms with Gasteiger partial charge in [-0.2, -0.15) is 0 Å². The molecule has 0 aliphatic rings. The first-order valence-electron chi connectivity index (χ1n) is 10.2. The van der Waals surface area contributed by atoms with Crippen LogP contribution in [0.4, 0.5) is 5.69 Å². The van der Waals surface area contributed by atoms with Gasteiger partial charge in [0.15, 0.2) is 11.7 Å². The molecule has 0 saturated heterocycles. The first-order chi connectivity index (χ1) is 15.4. The number of fused-ring (bicyclic) bond motifs is 1. The van der Waals surface area contributed by atoms with Crippen molar-refractivity contribution >= 4 is 50.5 Å². The van der Waals surface area contributed by atoms with Crippen molar-refractivity contribution in [2.75, 3.05) is 11.9 Å². The normalized spacial score (nSPS) is 10.7. The minimum atomic E-state index is -0.311. The zero-order chi connectivity index (χ0) is 22.5. The van der Waals surface area contributed by atoms with Crippen LogP contribution in [0.15, 0.2) is 66.7 Å². The van der Waals surface area contributed by atoms with Crippen LogP contribution in [0, 0.1) is 13.8 Å². The Morgan fingerprint density at radius 3 is 2.47 bits per heavy atom. The summed E-state index contributed by atoms with van der Waals surface area (Å²) in [4.78, 5) is 16.8. The standard InChI is InChI=1S/C25H23N3O2S2/c1-16-11-17(2)13-20(12-16)30-15-23(29)28-25(31)26-19-9-7-18(8-10-19)14-24-27-21-5-3-4-6-22(21)32-24/h3-13H,14-15H2,1-2H3,(H2,26,28,29,31). The quantitative estimate of drug-likeness (QED) is 0.377. The molecule has 4 aromatic rings. The molecule has 0 atom stereocenters. The number of aromatic nitrogens is 1. The second kappa shape index (κ2) is 9.89. The van der Waals surface area contributed by atoms with Crippen molar-refractivity contribution in [3.8, 4) is 5.75 Å². The molecule has 162 valence electrons. The number of hydrogen-bond donors (Lipinski definition) is 2. The number of thiocarbonyl (C=S) groups is 1. The van der Waals surface area contributed by atoms with Gasteiger partial charge in [-0.1, -0.05) is 30.3 Å². The van der Waals surface area contributed by atoms with Crippen LogP contribution in [0.5, 0.6) is 5.75 Å². The predicted octanol–water partition coefficient (Wildman–Crippen LogP) is 5.40. The van der Waals surface area contributed by atoms with Crippen LogP contribution >= 0.6 is 23.6 Å². The number of para-hydroxylation sites is 1. The Morgan fingerprint density at radius 2 is 1.75 bits per heavy atom. The topological polar surface area (TPSA) is 63.2 Å². The fourth-order valence-electron chi connectivity index (χ4n) is 3.37. The lowest BCUT2D eigenvalue weighted by atomic mass is 10.1. The van der Waals surface area contributed by atoms with Gasteiger partial charge in [0.2, 0.25) is 0 Å². The van der Waals surface area contributed by atoms with Crippen LogP contribution in [0.1, 0.15) is 21.7 Å². The van der Waals surface area contributed by atoms with E-state index in [1.165, 1.54) is 4.70 Å². The molecule has 2 N–H and O–H groups in total. The maximum Gasteiger partial charge on any atom is 0.264 e. The summed E-state index contributed by atoms with van der Waals surface area (Å²) in [5.41, 5.74) is 5.17. The summed E-state index contributed by atoms with van der Waals surface area (Å²) in [5, 5.41) is 6.99. The monoisotopic (exact) mass is 461 g/mol. The number of amides is 1. The summed E-state index contributed by atoms with van der Waals surface area (Å²) in [6.07, 6.45) is 0.774. The predicted molar refractivity (Wildman–Crippen MR) is 135 cm³/mol. The van der Waals surface area contributed by atoms with E-state index >= 15 is 0 Å². The summed E-state index contributed by atoms with van der Waals surface area (Å²) >= 11 is 6.96. The summed E-state index contributed by atoms with van der Waals surface area (Å²) in [5.74, 6) is 0.356. The molecule has 0 fully saturated rings. The van der Waals surface area contributed by atoms with Crippen LogP contribution in [0.25, 0.3) is 10.2 Å². The molecule has 5 nitrogen and oxygen atoms in total. The molecule has 0 bridgehead atoms. The number of hydrogen-bond acceptors (Lipinski definition) is 5. The molecule has 4 rings (SSSR count). The van der Waals surface area contributed by atoms with E-state index in [9.17, 15) is 4.79 Å². The number of benzene rings is 3.